The fourth-order valence-corrected chi connectivity index (χ4v) is 1.37. The van der Waals surface area contributed by atoms with E-state index in [0.717, 1.165) is 32.6 Å². The Morgan fingerprint density at radius 2 is 2.00 bits per heavy atom. The van der Waals surface area contributed by atoms with Crippen LogP contribution < -0.4 is 5.32 Å². The molecule has 2 N–H and O–H groups in total. The molecule has 3 heteroatoms. The molecule has 0 fully saturated rings. The minimum absolute atomic E-state index is 0.161. The maximum atomic E-state index is 9.24. The van der Waals surface area contributed by atoms with E-state index >= 15 is 0 Å². The average Bonchev–Trinajstić information content (AvgIpc) is 2.17. The summed E-state index contributed by atoms with van der Waals surface area (Å²) >= 11 is 0. The third kappa shape index (κ3) is 7.77. The second kappa shape index (κ2) is 8.08. The van der Waals surface area contributed by atoms with E-state index < -0.39 is 0 Å². The SMILES string of the molecule is CCNC(C)(CO)CCOCCC(C)C. The minimum Gasteiger partial charge on any atom is -0.394 e. The number of ether oxygens (including phenoxy) is 1. The van der Waals surface area contributed by atoms with Crippen molar-refractivity contribution in [2.45, 2.75) is 46.1 Å². The highest BCUT2D eigenvalue weighted by Gasteiger charge is 2.21. The summed E-state index contributed by atoms with van der Waals surface area (Å²) < 4.78 is 5.54. The highest BCUT2D eigenvalue weighted by molar-refractivity contribution is 4.81. The lowest BCUT2D eigenvalue weighted by molar-refractivity contribution is 0.0820. The largest absolute Gasteiger partial charge is 0.394 e. The lowest BCUT2D eigenvalue weighted by Crippen LogP contribution is -2.46. The molecule has 0 aliphatic heterocycles. The third-order valence-corrected chi connectivity index (χ3v) is 2.59. The number of rotatable bonds is 9. The monoisotopic (exact) mass is 217 g/mol. The van der Waals surface area contributed by atoms with E-state index in [4.69, 9.17) is 4.74 Å². The Balaban J connectivity index is 3.54. The highest BCUT2D eigenvalue weighted by Crippen LogP contribution is 2.09. The van der Waals surface area contributed by atoms with Gasteiger partial charge in [-0.25, -0.2) is 0 Å². The Morgan fingerprint density at radius 3 is 2.47 bits per heavy atom. The average molecular weight is 217 g/mol. The fraction of sp³-hybridized carbons (Fsp3) is 1.00. The standard InChI is InChI=1S/C12H27NO2/c1-5-13-12(4,10-14)7-9-15-8-6-11(2)3/h11,13-14H,5-10H2,1-4H3. The molecule has 0 spiro atoms. The van der Waals surface area contributed by atoms with Crippen molar-refractivity contribution in [3.8, 4) is 0 Å². The number of hydrogen-bond acceptors (Lipinski definition) is 3. The molecule has 92 valence electrons. The molecule has 15 heavy (non-hydrogen) atoms. The topological polar surface area (TPSA) is 41.5 Å². The van der Waals surface area contributed by atoms with Crippen LogP contribution in [-0.2, 0) is 4.74 Å². The Hall–Kier alpha value is -0.120. The summed E-state index contributed by atoms with van der Waals surface area (Å²) in [6.45, 7) is 11.1. The lowest BCUT2D eigenvalue weighted by atomic mass is 10.00. The zero-order valence-corrected chi connectivity index (χ0v) is 10.7. The van der Waals surface area contributed by atoms with Crippen LogP contribution in [0.25, 0.3) is 0 Å². The summed E-state index contributed by atoms with van der Waals surface area (Å²) in [5, 5.41) is 12.5. The van der Waals surface area contributed by atoms with Gasteiger partial charge >= 0.3 is 0 Å². The molecule has 0 aromatic carbocycles. The predicted octanol–water partition coefficient (Wildman–Crippen LogP) is 1.80. The number of hydrogen-bond donors (Lipinski definition) is 2. The van der Waals surface area contributed by atoms with Gasteiger partial charge in [-0.1, -0.05) is 20.8 Å². The van der Waals surface area contributed by atoms with Crippen molar-refractivity contribution in [2.24, 2.45) is 5.92 Å². The van der Waals surface area contributed by atoms with Crippen LogP contribution >= 0.6 is 0 Å². The van der Waals surface area contributed by atoms with Crippen LogP contribution in [0.4, 0.5) is 0 Å². The first kappa shape index (κ1) is 14.9. The van der Waals surface area contributed by atoms with Gasteiger partial charge in [-0.05, 0) is 32.2 Å². The highest BCUT2D eigenvalue weighted by atomic mass is 16.5. The van der Waals surface area contributed by atoms with Gasteiger partial charge in [0.15, 0.2) is 0 Å². The van der Waals surface area contributed by atoms with E-state index in [0.29, 0.717) is 5.92 Å². The molecule has 1 unspecified atom stereocenters. The molecule has 1 atom stereocenters. The van der Waals surface area contributed by atoms with Gasteiger partial charge in [0.05, 0.1) is 6.61 Å². The molecule has 0 aromatic heterocycles. The molecule has 0 amide bonds. The van der Waals surface area contributed by atoms with Crippen LogP contribution in [-0.4, -0.2) is 37.0 Å². The van der Waals surface area contributed by atoms with E-state index in [9.17, 15) is 5.11 Å². The second-order valence-corrected chi connectivity index (χ2v) is 4.79. The molecule has 0 aliphatic rings. The van der Waals surface area contributed by atoms with Crippen molar-refractivity contribution in [3.05, 3.63) is 0 Å². The Morgan fingerprint density at radius 1 is 1.33 bits per heavy atom. The molecular weight excluding hydrogens is 190 g/mol. The van der Waals surface area contributed by atoms with E-state index in [-0.39, 0.29) is 12.1 Å². The Bertz CT molecular complexity index is 151. The van der Waals surface area contributed by atoms with Crippen molar-refractivity contribution in [1.29, 1.82) is 0 Å². The normalized spacial score (nSPS) is 15.6. The van der Waals surface area contributed by atoms with E-state index in [1.807, 2.05) is 13.8 Å². The van der Waals surface area contributed by atoms with Crippen molar-refractivity contribution in [3.63, 3.8) is 0 Å². The van der Waals surface area contributed by atoms with Gasteiger partial charge < -0.3 is 15.2 Å². The molecule has 0 saturated heterocycles. The number of nitrogens with one attached hydrogen (secondary N) is 1. The summed E-state index contributed by atoms with van der Waals surface area (Å²) in [6.07, 6.45) is 1.96. The summed E-state index contributed by atoms with van der Waals surface area (Å²) in [5.74, 6) is 0.697. The van der Waals surface area contributed by atoms with E-state index in [1.165, 1.54) is 0 Å². The van der Waals surface area contributed by atoms with E-state index in [1.54, 1.807) is 0 Å². The fourth-order valence-electron chi connectivity index (χ4n) is 1.37. The van der Waals surface area contributed by atoms with Gasteiger partial charge in [-0.3, -0.25) is 0 Å². The minimum atomic E-state index is -0.188. The molecule has 0 radical (unpaired) electrons. The Kier molecular flexibility index (Phi) is 8.02. The third-order valence-electron chi connectivity index (χ3n) is 2.59. The lowest BCUT2D eigenvalue weighted by Gasteiger charge is -2.28. The molecule has 0 heterocycles. The van der Waals surface area contributed by atoms with Crippen LogP contribution in [0, 0.1) is 5.92 Å². The molecule has 0 rings (SSSR count). The van der Waals surface area contributed by atoms with Crippen LogP contribution in [0.5, 0.6) is 0 Å². The van der Waals surface area contributed by atoms with Gasteiger partial charge in [0.25, 0.3) is 0 Å². The first-order chi connectivity index (χ1) is 7.04. The quantitative estimate of drug-likeness (QED) is 0.579. The predicted molar refractivity (Wildman–Crippen MR) is 64.1 cm³/mol. The number of aliphatic hydroxyl groups excluding tert-OH is 1. The number of likely N-dealkylation sites (N-methyl/N-ethyl adjacent to an activating group) is 1. The van der Waals surface area contributed by atoms with E-state index in [2.05, 4.69) is 19.2 Å². The first-order valence-corrected chi connectivity index (χ1v) is 5.97. The smallest absolute Gasteiger partial charge is 0.0611 e. The summed E-state index contributed by atoms with van der Waals surface area (Å²) in [7, 11) is 0. The van der Waals surface area contributed by atoms with Crippen LogP contribution in [0.15, 0.2) is 0 Å². The van der Waals surface area contributed by atoms with Crippen molar-refractivity contribution < 1.29 is 9.84 Å². The molecule has 0 aliphatic carbocycles. The Labute approximate surface area is 94.2 Å². The van der Waals surface area contributed by atoms with Gasteiger partial charge in [-0.2, -0.15) is 0 Å². The summed E-state index contributed by atoms with van der Waals surface area (Å²) in [5.41, 5.74) is -0.188. The maximum Gasteiger partial charge on any atom is 0.0611 e. The first-order valence-electron chi connectivity index (χ1n) is 5.97. The summed E-state index contributed by atoms with van der Waals surface area (Å²) in [6, 6.07) is 0. The molecule has 0 aromatic rings. The van der Waals surface area contributed by atoms with Crippen molar-refractivity contribution in [2.75, 3.05) is 26.4 Å². The van der Waals surface area contributed by atoms with Crippen molar-refractivity contribution >= 4 is 0 Å². The van der Waals surface area contributed by atoms with Crippen molar-refractivity contribution in [1.82, 2.24) is 5.32 Å². The molecule has 3 nitrogen and oxygen atoms in total. The molecular formula is C12H27NO2. The van der Waals surface area contributed by atoms with Gasteiger partial charge in [0, 0.05) is 18.8 Å². The van der Waals surface area contributed by atoms with Crippen LogP contribution in [0.2, 0.25) is 0 Å². The van der Waals surface area contributed by atoms with Gasteiger partial charge in [-0.15, -0.1) is 0 Å². The number of aliphatic hydroxyl groups is 1. The zero-order valence-electron chi connectivity index (χ0n) is 10.7. The maximum absolute atomic E-state index is 9.24. The van der Waals surface area contributed by atoms with Crippen LogP contribution in [0.3, 0.4) is 0 Å². The molecule has 0 bridgehead atoms. The second-order valence-electron chi connectivity index (χ2n) is 4.79. The van der Waals surface area contributed by atoms with Gasteiger partial charge in [0.2, 0.25) is 0 Å². The van der Waals surface area contributed by atoms with Gasteiger partial charge in [0.1, 0.15) is 0 Å². The zero-order chi connectivity index (χ0) is 11.7. The molecule has 0 saturated carbocycles. The van der Waals surface area contributed by atoms with Crippen LogP contribution in [0.1, 0.15) is 40.5 Å². The summed E-state index contributed by atoms with van der Waals surface area (Å²) in [4.78, 5) is 0.